The number of benzene rings is 2. The first-order valence-electron chi connectivity index (χ1n) is 7.94. The van der Waals surface area contributed by atoms with E-state index in [1.165, 1.54) is 46.9 Å². The number of fused-ring (bicyclic) bond motifs is 1. The minimum absolute atomic E-state index is 0.704. The van der Waals surface area contributed by atoms with E-state index >= 15 is 0 Å². The summed E-state index contributed by atoms with van der Waals surface area (Å²) in [7, 11) is 0. The van der Waals surface area contributed by atoms with Crippen LogP contribution in [0.1, 0.15) is 47.8 Å². The minimum Gasteiger partial charge on any atom is -0.361 e. The molecule has 1 aromatic heterocycles. The molecule has 0 bridgehead atoms. The maximum atomic E-state index is 3.33. The molecule has 1 fully saturated rings. The zero-order valence-corrected chi connectivity index (χ0v) is 12.5. The largest absolute Gasteiger partial charge is 0.361 e. The number of nitrogens with one attached hydrogen (secondary N) is 1. The molecule has 1 saturated carbocycles. The van der Waals surface area contributed by atoms with E-state index < -0.39 is 0 Å². The zero-order chi connectivity index (χ0) is 14.2. The molecule has 4 rings (SSSR count). The highest BCUT2D eigenvalue weighted by atomic mass is 14.7. The lowest BCUT2D eigenvalue weighted by Crippen LogP contribution is -1.96. The van der Waals surface area contributed by atoms with E-state index in [0.717, 1.165) is 5.92 Å². The summed E-state index contributed by atoms with van der Waals surface area (Å²) >= 11 is 0. The van der Waals surface area contributed by atoms with E-state index in [0.29, 0.717) is 5.92 Å². The normalized spacial score (nSPS) is 22.0. The molecule has 0 radical (unpaired) electrons. The molecule has 0 amide bonds. The summed E-state index contributed by atoms with van der Waals surface area (Å²) in [6.45, 7) is 2.19. The Morgan fingerprint density at radius 2 is 1.81 bits per heavy atom. The fourth-order valence-electron chi connectivity index (χ4n) is 3.96. The number of H-pyrrole nitrogens is 1. The lowest BCUT2D eigenvalue weighted by molar-refractivity contribution is 0.689. The van der Waals surface area contributed by atoms with Crippen molar-refractivity contribution in [3.63, 3.8) is 0 Å². The molecule has 0 saturated heterocycles. The molecular formula is C20H21N. The molecule has 1 aliphatic carbocycles. The van der Waals surface area contributed by atoms with Crippen molar-refractivity contribution in [1.82, 2.24) is 4.98 Å². The third-order valence-electron chi connectivity index (χ3n) is 5.01. The Bertz CT molecular complexity index is 768. The van der Waals surface area contributed by atoms with Crippen molar-refractivity contribution in [2.75, 3.05) is 0 Å². The van der Waals surface area contributed by atoms with Gasteiger partial charge in [-0.1, -0.05) is 42.0 Å². The fourth-order valence-corrected chi connectivity index (χ4v) is 3.96. The third kappa shape index (κ3) is 2.27. The Hall–Kier alpha value is -2.02. The van der Waals surface area contributed by atoms with Gasteiger partial charge in [0, 0.05) is 17.1 Å². The average molecular weight is 275 g/mol. The number of aromatic nitrogens is 1. The van der Waals surface area contributed by atoms with Crippen LogP contribution in [0, 0.1) is 6.92 Å². The fraction of sp³-hybridized carbons (Fsp3) is 0.300. The first-order chi connectivity index (χ1) is 10.3. The summed E-state index contributed by atoms with van der Waals surface area (Å²) in [6.07, 6.45) is 5.97. The van der Waals surface area contributed by atoms with Crippen molar-refractivity contribution in [2.45, 2.75) is 38.0 Å². The van der Waals surface area contributed by atoms with Gasteiger partial charge in [0.25, 0.3) is 0 Å². The Labute approximate surface area is 126 Å². The van der Waals surface area contributed by atoms with E-state index in [1.807, 2.05) is 0 Å². The van der Waals surface area contributed by atoms with Gasteiger partial charge in [-0.3, -0.25) is 0 Å². The Morgan fingerprint density at radius 1 is 0.952 bits per heavy atom. The molecule has 1 heteroatoms. The van der Waals surface area contributed by atoms with E-state index in [2.05, 4.69) is 66.6 Å². The topological polar surface area (TPSA) is 15.8 Å². The summed E-state index contributed by atoms with van der Waals surface area (Å²) in [4.78, 5) is 3.33. The number of rotatable bonds is 2. The highest BCUT2D eigenvalue weighted by molar-refractivity contribution is 5.83. The van der Waals surface area contributed by atoms with Crippen molar-refractivity contribution in [1.29, 1.82) is 0 Å². The van der Waals surface area contributed by atoms with E-state index in [1.54, 1.807) is 0 Å². The smallest absolute Gasteiger partial charge is 0.0456 e. The molecule has 2 aromatic carbocycles. The van der Waals surface area contributed by atoms with Gasteiger partial charge >= 0.3 is 0 Å². The van der Waals surface area contributed by atoms with Gasteiger partial charge in [-0.25, -0.2) is 0 Å². The maximum Gasteiger partial charge on any atom is 0.0456 e. The molecule has 1 aliphatic rings. The van der Waals surface area contributed by atoms with Gasteiger partial charge < -0.3 is 4.98 Å². The van der Waals surface area contributed by atoms with Crippen LogP contribution in [-0.4, -0.2) is 4.98 Å². The molecule has 0 aliphatic heterocycles. The van der Waals surface area contributed by atoms with Crippen LogP contribution in [0.4, 0.5) is 0 Å². The summed E-state index contributed by atoms with van der Waals surface area (Å²) < 4.78 is 0. The Kier molecular flexibility index (Phi) is 3.07. The molecule has 2 unspecified atom stereocenters. The van der Waals surface area contributed by atoms with Crippen LogP contribution in [0.3, 0.4) is 0 Å². The monoisotopic (exact) mass is 275 g/mol. The van der Waals surface area contributed by atoms with Crippen LogP contribution in [0.2, 0.25) is 0 Å². The van der Waals surface area contributed by atoms with Crippen LogP contribution >= 0.6 is 0 Å². The Balaban J connectivity index is 1.63. The molecule has 0 spiro atoms. The van der Waals surface area contributed by atoms with Gasteiger partial charge in [0.1, 0.15) is 0 Å². The average Bonchev–Trinajstić information content (AvgIpc) is 3.16. The standard InChI is InChI=1S/C20H21N/c1-14-4-2-5-15(12-14)16-8-9-17(13-16)18-6-3-7-20-19(18)10-11-21-20/h2-7,10-12,16-17,21H,8-9,13H2,1H3. The Morgan fingerprint density at radius 3 is 2.71 bits per heavy atom. The number of aryl methyl sites for hydroxylation is 1. The maximum absolute atomic E-state index is 3.33. The van der Waals surface area contributed by atoms with Crippen LogP contribution in [0.5, 0.6) is 0 Å². The van der Waals surface area contributed by atoms with Gasteiger partial charge in [0.05, 0.1) is 0 Å². The second-order valence-corrected chi connectivity index (χ2v) is 6.41. The van der Waals surface area contributed by atoms with E-state index in [4.69, 9.17) is 0 Å². The van der Waals surface area contributed by atoms with Crippen LogP contribution < -0.4 is 0 Å². The second kappa shape index (κ2) is 5.07. The molecule has 106 valence electrons. The minimum atomic E-state index is 0.704. The lowest BCUT2D eigenvalue weighted by Gasteiger charge is -2.14. The molecule has 3 aromatic rings. The van der Waals surface area contributed by atoms with Crippen LogP contribution in [0.25, 0.3) is 10.9 Å². The van der Waals surface area contributed by atoms with Crippen molar-refractivity contribution >= 4 is 10.9 Å². The highest BCUT2D eigenvalue weighted by Gasteiger charge is 2.28. The summed E-state index contributed by atoms with van der Waals surface area (Å²) in [5, 5.41) is 1.41. The second-order valence-electron chi connectivity index (χ2n) is 6.41. The summed E-state index contributed by atoms with van der Waals surface area (Å²) in [6, 6.07) is 18.0. The summed E-state index contributed by atoms with van der Waals surface area (Å²) in [5.74, 6) is 1.43. The lowest BCUT2D eigenvalue weighted by atomic mass is 9.91. The molecule has 21 heavy (non-hydrogen) atoms. The van der Waals surface area contributed by atoms with Crippen LogP contribution in [0.15, 0.2) is 54.7 Å². The molecule has 1 nitrogen and oxygen atoms in total. The first-order valence-corrected chi connectivity index (χ1v) is 7.94. The van der Waals surface area contributed by atoms with Gasteiger partial charge in [0.15, 0.2) is 0 Å². The van der Waals surface area contributed by atoms with E-state index in [9.17, 15) is 0 Å². The SMILES string of the molecule is Cc1cccc(C2CCC(c3cccc4[nH]ccc34)C2)c1. The molecular weight excluding hydrogens is 254 g/mol. The number of aromatic amines is 1. The van der Waals surface area contributed by atoms with Crippen LogP contribution in [-0.2, 0) is 0 Å². The third-order valence-corrected chi connectivity index (χ3v) is 5.01. The number of hydrogen-bond acceptors (Lipinski definition) is 0. The molecule has 1 N–H and O–H groups in total. The van der Waals surface area contributed by atoms with Crippen molar-refractivity contribution in [3.8, 4) is 0 Å². The first kappa shape index (κ1) is 12.7. The highest BCUT2D eigenvalue weighted by Crippen LogP contribution is 2.45. The van der Waals surface area contributed by atoms with Gasteiger partial charge in [-0.15, -0.1) is 0 Å². The number of hydrogen-bond donors (Lipinski definition) is 1. The van der Waals surface area contributed by atoms with Crippen molar-refractivity contribution < 1.29 is 0 Å². The molecule has 2 atom stereocenters. The predicted molar refractivity (Wildman–Crippen MR) is 88.8 cm³/mol. The predicted octanol–water partition coefficient (Wildman–Crippen LogP) is 5.53. The van der Waals surface area contributed by atoms with Gasteiger partial charge in [-0.2, -0.15) is 0 Å². The van der Waals surface area contributed by atoms with Crippen molar-refractivity contribution in [2.24, 2.45) is 0 Å². The quantitative estimate of drug-likeness (QED) is 0.633. The zero-order valence-electron chi connectivity index (χ0n) is 12.5. The van der Waals surface area contributed by atoms with Gasteiger partial charge in [0.2, 0.25) is 0 Å². The van der Waals surface area contributed by atoms with E-state index in [-0.39, 0.29) is 0 Å². The summed E-state index contributed by atoms with van der Waals surface area (Å²) in [5.41, 5.74) is 5.71. The molecule has 1 heterocycles. The van der Waals surface area contributed by atoms with Crippen molar-refractivity contribution in [3.05, 3.63) is 71.4 Å². The van der Waals surface area contributed by atoms with Gasteiger partial charge in [-0.05, 0) is 61.3 Å².